The molecule has 0 N–H and O–H groups in total. The zero-order valence-electron chi connectivity index (χ0n) is 3.84. The molecule has 0 aromatic carbocycles. The molecule has 0 amide bonds. The lowest BCUT2D eigenvalue weighted by Crippen LogP contribution is -1.78. The van der Waals surface area contributed by atoms with Crippen molar-refractivity contribution in [1.29, 1.82) is 0 Å². The molecule has 0 bridgehead atoms. The van der Waals surface area contributed by atoms with E-state index in [9.17, 15) is 0 Å². The number of aromatic nitrogens is 1. The summed E-state index contributed by atoms with van der Waals surface area (Å²) in [5.41, 5.74) is 1.68. The van der Waals surface area contributed by atoms with Crippen LogP contribution in [0.4, 0.5) is 0 Å². The normalized spacial score (nSPS) is 8.71. The van der Waals surface area contributed by atoms with Crippen LogP contribution in [0, 0.1) is 5.38 Å². The topological polar surface area (TPSA) is 22.1 Å². The minimum Gasteiger partial charge on any atom is -0.480 e. The maximum Gasteiger partial charge on any atom is 0.233 e. The molecule has 1 rings (SSSR count). The predicted molar refractivity (Wildman–Crippen MR) is 27.5 cm³/mol. The summed E-state index contributed by atoms with van der Waals surface area (Å²) in [6, 6.07) is 0. The van der Waals surface area contributed by atoms with Gasteiger partial charge in [-0.1, -0.05) is 0 Å². The Balaban J connectivity index is 2.76. The number of methoxy groups -OCH3 is 1. The molecule has 0 atom stereocenters. The fourth-order valence-corrected chi connectivity index (χ4v) is 0.710. The van der Waals surface area contributed by atoms with Crippen molar-refractivity contribution in [2.24, 2.45) is 0 Å². The van der Waals surface area contributed by atoms with Crippen LogP contribution in [0.1, 0.15) is 0 Å². The van der Waals surface area contributed by atoms with Crippen LogP contribution in [0.5, 0.6) is 5.88 Å². The van der Waals surface area contributed by atoms with Gasteiger partial charge in [0.15, 0.2) is 0 Å². The van der Waals surface area contributed by atoms with Crippen molar-refractivity contribution < 1.29 is 4.74 Å². The van der Waals surface area contributed by atoms with E-state index in [0.717, 1.165) is 0 Å². The average Bonchev–Trinajstić information content (AvgIpc) is 2.14. The molecule has 0 spiro atoms. The molecular formula is C4H4NOS. The van der Waals surface area contributed by atoms with Crippen LogP contribution in [0.15, 0.2) is 5.51 Å². The molecule has 1 aromatic heterocycles. The Hall–Kier alpha value is -0.570. The first-order valence-corrected chi connectivity index (χ1v) is 2.66. The van der Waals surface area contributed by atoms with Crippen molar-refractivity contribution in [2.45, 2.75) is 0 Å². The van der Waals surface area contributed by atoms with Gasteiger partial charge in [0.25, 0.3) is 0 Å². The Bertz CT molecular complexity index is 126. The second-order valence-corrected chi connectivity index (χ2v) is 1.61. The Morgan fingerprint density at radius 3 is 3.14 bits per heavy atom. The minimum atomic E-state index is 0.574. The molecule has 0 saturated heterocycles. The summed E-state index contributed by atoms with van der Waals surface area (Å²) in [4.78, 5) is 3.78. The van der Waals surface area contributed by atoms with Crippen molar-refractivity contribution in [3.05, 3.63) is 10.9 Å². The van der Waals surface area contributed by atoms with Crippen LogP contribution < -0.4 is 4.74 Å². The number of rotatable bonds is 1. The van der Waals surface area contributed by atoms with E-state index >= 15 is 0 Å². The van der Waals surface area contributed by atoms with Crippen LogP contribution in [-0.2, 0) is 0 Å². The highest BCUT2D eigenvalue weighted by Crippen LogP contribution is 2.05. The quantitative estimate of drug-likeness (QED) is 0.542. The fourth-order valence-electron chi connectivity index (χ4n) is 0.272. The number of thiazole rings is 1. The summed E-state index contributed by atoms with van der Waals surface area (Å²) in [6.07, 6.45) is 0. The van der Waals surface area contributed by atoms with Crippen molar-refractivity contribution in [1.82, 2.24) is 4.98 Å². The molecule has 0 aliphatic rings. The van der Waals surface area contributed by atoms with E-state index in [0.29, 0.717) is 5.88 Å². The summed E-state index contributed by atoms with van der Waals surface area (Å²) in [5.74, 6) is 0.574. The largest absolute Gasteiger partial charge is 0.480 e. The zero-order chi connectivity index (χ0) is 5.11. The maximum atomic E-state index is 4.70. The Kier molecular flexibility index (Phi) is 1.26. The molecule has 0 aliphatic carbocycles. The van der Waals surface area contributed by atoms with Crippen molar-refractivity contribution in [2.75, 3.05) is 7.11 Å². The van der Waals surface area contributed by atoms with Gasteiger partial charge in [0, 0.05) is 0 Å². The SMILES string of the molecule is COc1[c]scn1. The lowest BCUT2D eigenvalue weighted by molar-refractivity contribution is 0.400. The summed E-state index contributed by atoms with van der Waals surface area (Å²) < 4.78 is 4.70. The minimum absolute atomic E-state index is 0.574. The lowest BCUT2D eigenvalue weighted by atomic mass is 10.9. The van der Waals surface area contributed by atoms with E-state index in [2.05, 4.69) is 10.4 Å². The van der Waals surface area contributed by atoms with Gasteiger partial charge < -0.3 is 4.74 Å². The molecular weight excluding hydrogens is 110 g/mol. The first kappa shape index (κ1) is 4.59. The molecule has 1 heterocycles. The Morgan fingerprint density at radius 1 is 2.00 bits per heavy atom. The number of hydrogen-bond donors (Lipinski definition) is 0. The van der Waals surface area contributed by atoms with E-state index in [1.807, 2.05) is 0 Å². The molecule has 37 valence electrons. The van der Waals surface area contributed by atoms with Crippen LogP contribution >= 0.6 is 11.3 Å². The van der Waals surface area contributed by atoms with Crippen LogP contribution in [0.25, 0.3) is 0 Å². The third-order valence-electron chi connectivity index (χ3n) is 0.562. The third-order valence-corrected chi connectivity index (χ3v) is 1.07. The van der Waals surface area contributed by atoms with Crippen LogP contribution in [-0.4, -0.2) is 12.1 Å². The summed E-state index contributed by atoms with van der Waals surface area (Å²) in [6.45, 7) is 0. The van der Waals surface area contributed by atoms with Gasteiger partial charge in [-0.25, -0.2) is 4.98 Å². The molecule has 2 nitrogen and oxygen atoms in total. The summed E-state index contributed by atoms with van der Waals surface area (Å²) in [7, 11) is 1.57. The fraction of sp³-hybridized carbons (Fsp3) is 0.250. The highest BCUT2D eigenvalue weighted by atomic mass is 32.1. The summed E-state index contributed by atoms with van der Waals surface area (Å²) in [5, 5.41) is 2.80. The molecule has 0 fully saturated rings. The van der Waals surface area contributed by atoms with Crippen LogP contribution in [0.3, 0.4) is 0 Å². The second kappa shape index (κ2) is 1.93. The molecule has 0 saturated carbocycles. The first-order chi connectivity index (χ1) is 3.43. The Labute approximate surface area is 45.8 Å². The third kappa shape index (κ3) is 0.899. The number of ether oxygens (including phenoxy) is 1. The van der Waals surface area contributed by atoms with Crippen LogP contribution in [0.2, 0.25) is 0 Å². The predicted octanol–water partition coefficient (Wildman–Crippen LogP) is 0.952. The van der Waals surface area contributed by atoms with Gasteiger partial charge in [-0.3, -0.25) is 0 Å². The first-order valence-electron chi connectivity index (χ1n) is 1.78. The van der Waals surface area contributed by atoms with Gasteiger partial charge in [0.2, 0.25) is 5.88 Å². The lowest BCUT2D eigenvalue weighted by Gasteiger charge is -1.84. The standard InChI is InChI=1S/C4H4NOS/c1-6-4-2-7-3-5-4/h3H,1H3. The van der Waals surface area contributed by atoms with Gasteiger partial charge in [0.1, 0.15) is 5.38 Å². The molecule has 1 radical (unpaired) electrons. The summed E-state index contributed by atoms with van der Waals surface area (Å²) >= 11 is 1.40. The van der Waals surface area contributed by atoms with Gasteiger partial charge in [-0.2, -0.15) is 0 Å². The highest BCUT2D eigenvalue weighted by Gasteiger charge is 1.86. The van der Waals surface area contributed by atoms with E-state index in [1.165, 1.54) is 11.3 Å². The average molecular weight is 114 g/mol. The number of hydrogen-bond acceptors (Lipinski definition) is 3. The second-order valence-electron chi connectivity index (χ2n) is 0.964. The molecule has 0 aliphatic heterocycles. The smallest absolute Gasteiger partial charge is 0.233 e. The molecule has 7 heavy (non-hydrogen) atoms. The van der Waals surface area contributed by atoms with Gasteiger partial charge in [-0.15, -0.1) is 11.3 Å². The molecule has 3 heteroatoms. The molecule has 0 unspecified atom stereocenters. The van der Waals surface area contributed by atoms with Gasteiger partial charge >= 0.3 is 0 Å². The van der Waals surface area contributed by atoms with E-state index in [1.54, 1.807) is 12.6 Å². The van der Waals surface area contributed by atoms with E-state index < -0.39 is 0 Å². The van der Waals surface area contributed by atoms with Gasteiger partial charge in [0.05, 0.1) is 12.6 Å². The monoisotopic (exact) mass is 114 g/mol. The van der Waals surface area contributed by atoms with Crippen molar-refractivity contribution in [3.8, 4) is 5.88 Å². The Morgan fingerprint density at radius 2 is 2.86 bits per heavy atom. The maximum absolute atomic E-state index is 4.70. The van der Waals surface area contributed by atoms with E-state index in [4.69, 9.17) is 4.74 Å². The zero-order valence-corrected chi connectivity index (χ0v) is 4.66. The number of nitrogens with zero attached hydrogens (tertiary/aromatic N) is 1. The molecule has 1 aromatic rings. The van der Waals surface area contributed by atoms with E-state index in [-0.39, 0.29) is 0 Å². The highest BCUT2D eigenvalue weighted by molar-refractivity contribution is 7.07. The van der Waals surface area contributed by atoms with Gasteiger partial charge in [-0.05, 0) is 0 Å². The van der Waals surface area contributed by atoms with Crippen molar-refractivity contribution in [3.63, 3.8) is 0 Å². The van der Waals surface area contributed by atoms with Crippen molar-refractivity contribution >= 4 is 11.3 Å².